The van der Waals surface area contributed by atoms with Crippen LogP contribution in [0.1, 0.15) is 11.3 Å². The third-order valence-corrected chi connectivity index (χ3v) is 2.99. The van der Waals surface area contributed by atoms with Crippen molar-refractivity contribution in [3.05, 3.63) is 41.2 Å². The topological polar surface area (TPSA) is 42.6 Å². The Labute approximate surface area is 96.4 Å². The summed E-state index contributed by atoms with van der Waals surface area (Å²) in [4.78, 5) is 0. The van der Waals surface area contributed by atoms with Gasteiger partial charge in [-0.1, -0.05) is 5.16 Å². The van der Waals surface area contributed by atoms with Crippen LogP contribution in [0.15, 0.2) is 22.7 Å². The largest absolute Gasteiger partial charge is 0.360 e. The van der Waals surface area contributed by atoms with Gasteiger partial charge in [0, 0.05) is 5.56 Å². The molecule has 1 aromatic heterocycles. The van der Waals surface area contributed by atoms with Crippen molar-refractivity contribution in [1.29, 1.82) is 0 Å². The van der Waals surface area contributed by atoms with Gasteiger partial charge in [-0.3, -0.25) is 0 Å². The zero-order valence-corrected chi connectivity index (χ0v) is 9.04. The van der Waals surface area contributed by atoms with E-state index in [0.29, 0.717) is 11.3 Å². The van der Waals surface area contributed by atoms with E-state index >= 15 is 0 Å². The molecule has 0 saturated heterocycles. The van der Waals surface area contributed by atoms with Gasteiger partial charge in [0.1, 0.15) is 12.2 Å². The molecule has 3 nitrogen and oxygen atoms in total. The monoisotopic (exact) mass is 237 g/mol. The van der Waals surface area contributed by atoms with Crippen molar-refractivity contribution in [3.8, 4) is 11.3 Å². The third kappa shape index (κ3) is 1.72. The van der Waals surface area contributed by atoms with E-state index in [1.807, 2.05) is 0 Å². The van der Waals surface area contributed by atoms with Gasteiger partial charge in [-0.05, 0) is 18.2 Å². The molecule has 0 spiro atoms. The van der Waals surface area contributed by atoms with Crippen molar-refractivity contribution in [2.75, 3.05) is 6.54 Å². The Balaban J connectivity index is 2.09. The van der Waals surface area contributed by atoms with Crippen LogP contribution in [-0.2, 0) is 13.0 Å². The first-order chi connectivity index (χ1) is 8.25. The van der Waals surface area contributed by atoms with Crippen LogP contribution in [0, 0.1) is 11.6 Å². The van der Waals surface area contributed by atoms with Crippen molar-refractivity contribution >= 4 is 0 Å². The van der Waals surface area contributed by atoms with Gasteiger partial charge in [0.05, 0.1) is 18.5 Å². The second-order valence-corrected chi connectivity index (χ2v) is 4.09. The molecule has 0 atom stereocenters. The molecular formula is C12H11F2N2O+. The SMILES string of the molecule is Fc1ccc(-c2noc3c2C[NH2+]CC3)cc1F. The number of benzene rings is 1. The fourth-order valence-electron chi connectivity index (χ4n) is 2.10. The fourth-order valence-corrected chi connectivity index (χ4v) is 2.10. The van der Waals surface area contributed by atoms with Crippen LogP contribution >= 0.6 is 0 Å². The van der Waals surface area contributed by atoms with Gasteiger partial charge < -0.3 is 9.84 Å². The van der Waals surface area contributed by atoms with E-state index in [9.17, 15) is 8.78 Å². The van der Waals surface area contributed by atoms with Crippen molar-refractivity contribution in [2.45, 2.75) is 13.0 Å². The number of hydrogen-bond donors (Lipinski definition) is 1. The average Bonchev–Trinajstić information content (AvgIpc) is 2.76. The first-order valence-electron chi connectivity index (χ1n) is 5.50. The van der Waals surface area contributed by atoms with Crippen molar-refractivity contribution in [2.24, 2.45) is 0 Å². The summed E-state index contributed by atoms with van der Waals surface area (Å²) in [7, 11) is 0. The molecule has 0 fully saturated rings. The molecule has 88 valence electrons. The maximum atomic E-state index is 13.2. The lowest BCUT2D eigenvalue weighted by Crippen LogP contribution is -2.84. The Kier molecular flexibility index (Phi) is 2.40. The zero-order chi connectivity index (χ0) is 11.8. The fraction of sp³-hybridized carbons (Fsp3) is 0.250. The second-order valence-electron chi connectivity index (χ2n) is 4.09. The minimum absolute atomic E-state index is 0.559. The average molecular weight is 237 g/mol. The predicted molar refractivity (Wildman–Crippen MR) is 56.1 cm³/mol. The van der Waals surface area contributed by atoms with Gasteiger partial charge in [0.25, 0.3) is 0 Å². The molecule has 5 heteroatoms. The molecule has 3 rings (SSSR count). The van der Waals surface area contributed by atoms with Gasteiger partial charge in [-0.2, -0.15) is 0 Å². The summed E-state index contributed by atoms with van der Waals surface area (Å²) in [6.45, 7) is 1.74. The second kappa shape index (κ2) is 3.92. The van der Waals surface area contributed by atoms with E-state index in [-0.39, 0.29) is 0 Å². The molecule has 1 aliphatic heterocycles. The number of fused-ring (bicyclic) bond motifs is 1. The summed E-state index contributed by atoms with van der Waals surface area (Å²) in [5, 5.41) is 6.10. The highest BCUT2D eigenvalue weighted by atomic mass is 19.2. The highest BCUT2D eigenvalue weighted by molar-refractivity contribution is 5.63. The Morgan fingerprint density at radius 2 is 2.12 bits per heavy atom. The lowest BCUT2D eigenvalue weighted by molar-refractivity contribution is -0.673. The van der Waals surface area contributed by atoms with E-state index in [2.05, 4.69) is 10.5 Å². The highest BCUT2D eigenvalue weighted by Gasteiger charge is 2.22. The van der Waals surface area contributed by atoms with Crippen LogP contribution in [0.2, 0.25) is 0 Å². The van der Waals surface area contributed by atoms with Gasteiger partial charge in [0.2, 0.25) is 0 Å². The van der Waals surface area contributed by atoms with Crippen molar-refractivity contribution < 1.29 is 18.6 Å². The van der Waals surface area contributed by atoms with Crippen molar-refractivity contribution in [1.82, 2.24) is 5.16 Å². The number of rotatable bonds is 1. The van der Waals surface area contributed by atoms with Crippen LogP contribution < -0.4 is 5.32 Å². The summed E-state index contributed by atoms with van der Waals surface area (Å²) in [5.41, 5.74) is 2.17. The molecule has 0 bridgehead atoms. The molecule has 2 heterocycles. The molecule has 2 aromatic rings. The summed E-state index contributed by atoms with van der Waals surface area (Å²) in [6, 6.07) is 3.78. The Morgan fingerprint density at radius 1 is 1.24 bits per heavy atom. The Bertz CT molecular complexity index is 566. The van der Waals surface area contributed by atoms with Crippen molar-refractivity contribution in [3.63, 3.8) is 0 Å². The van der Waals surface area contributed by atoms with Gasteiger partial charge >= 0.3 is 0 Å². The van der Waals surface area contributed by atoms with Crippen LogP contribution in [0.3, 0.4) is 0 Å². The van der Waals surface area contributed by atoms with Crippen LogP contribution in [-0.4, -0.2) is 11.7 Å². The summed E-state index contributed by atoms with van der Waals surface area (Å²) < 4.78 is 31.2. The quantitative estimate of drug-likeness (QED) is 0.810. The number of halogens is 2. The van der Waals surface area contributed by atoms with E-state index in [0.717, 1.165) is 43.0 Å². The molecule has 0 radical (unpaired) electrons. The zero-order valence-electron chi connectivity index (χ0n) is 9.04. The lowest BCUT2D eigenvalue weighted by Gasteiger charge is -2.08. The van der Waals surface area contributed by atoms with E-state index in [4.69, 9.17) is 4.52 Å². The summed E-state index contributed by atoms with van der Waals surface area (Å²) in [6.07, 6.45) is 0.825. The molecule has 2 N–H and O–H groups in total. The van der Waals surface area contributed by atoms with Gasteiger partial charge in [0.15, 0.2) is 17.4 Å². The summed E-state index contributed by atoms with van der Waals surface area (Å²) in [5.74, 6) is -0.857. The van der Waals surface area contributed by atoms with Gasteiger partial charge in [-0.15, -0.1) is 0 Å². The molecule has 17 heavy (non-hydrogen) atoms. The normalized spacial score (nSPS) is 14.7. The van der Waals surface area contributed by atoms with E-state index < -0.39 is 11.6 Å². The smallest absolute Gasteiger partial charge is 0.159 e. The Morgan fingerprint density at radius 3 is 2.94 bits per heavy atom. The summed E-state index contributed by atoms with van der Waals surface area (Å²) >= 11 is 0. The Hall–Kier alpha value is -1.75. The number of nitrogens with zero attached hydrogens (tertiary/aromatic N) is 1. The van der Waals surface area contributed by atoms with Gasteiger partial charge in [-0.25, -0.2) is 8.78 Å². The molecule has 1 aliphatic rings. The van der Waals surface area contributed by atoms with Crippen LogP contribution in [0.25, 0.3) is 11.3 Å². The highest BCUT2D eigenvalue weighted by Crippen LogP contribution is 2.27. The third-order valence-electron chi connectivity index (χ3n) is 2.99. The minimum atomic E-state index is -0.862. The van der Waals surface area contributed by atoms with Crippen LogP contribution in [0.5, 0.6) is 0 Å². The standard InChI is InChI=1S/C12H10F2N2O/c13-9-2-1-7(5-10(9)14)12-8-6-15-4-3-11(8)17-16-12/h1-2,5,15H,3-4,6H2/p+1. The molecule has 1 aromatic carbocycles. The predicted octanol–water partition coefficient (Wildman–Crippen LogP) is 1.24. The number of quaternary nitrogens is 1. The maximum absolute atomic E-state index is 13.2. The number of aromatic nitrogens is 1. The molecular weight excluding hydrogens is 226 g/mol. The lowest BCUT2D eigenvalue weighted by atomic mass is 10.0. The molecule has 0 amide bonds. The molecule has 0 aliphatic carbocycles. The first kappa shape index (κ1) is 10.4. The maximum Gasteiger partial charge on any atom is 0.159 e. The minimum Gasteiger partial charge on any atom is -0.360 e. The number of hydrogen-bond acceptors (Lipinski definition) is 2. The number of nitrogens with two attached hydrogens (primary N) is 1. The van der Waals surface area contributed by atoms with Crippen LogP contribution in [0.4, 0.5) is 8.78 Å². The van der Waals surface area contributed by atoms with E-state index in [1.165, 1.54) is 6.07 Å². The first-order valence-corrected chi connectivity index (χ1v) is 5.50. The molecule has 0 unspecified atom stereocenters. The van der Waals surface area contributed by atoms with E-state index in [1.54, 1.807) is 0 Å². The molecule has 0 saturated carbocycles.